The van der Waals surface area contributed by atoms with Crippen LogP contribution in [-0.4, -0.2) is 56.0 Å². The zero-order valence-electron chi connectivity index (χ0n) is 7.50. The molecule has 3 saturated heterocycles. The second-order valence-electron chi connectivity index (χ2n) is 3.52. The van der Waals surface area contributed by atoms with Gasteiger partial charge in [-0.05, 0) is 0 Å². The molecule has 6 nitrogen and oxygen atoms in total. The van der Waals surface area contributed by atoms with Gasteiger partial charge in [-0.25, -0.2) is 0 Å². The summed E-state index contributed by atoms with van der Waals surface area (Å²) in [5.41, 5.74) is 0. The van der Waals surface area contributed by atoms with Crippen molar-refractivity contribution in [3.05, 3.63) is 0 Å². The van der Waals surface area contributed by atoms with E-state index in [4.69, 9.17) is 28.8 Å². The zero-order chi connectivity index (χ0) is 9.54. The van der Waals surface area contributed by atoms with Crippen molar-refractivity contribution < 1.29 is 28.8 Å². The Morgan fingerprint density at radius 3 is 2.50 bits per heavy atom. The van der Waals surface area contributed by atoms with Crippen LogP contribution in [0.4, 0.5) is 0 Å². The predicted molar refractivity (Wildman–Crippen MR) is 41.2 cm³/mol. The third-order valence-electron chi connectivity index (χ3n) is 2.78. The first kappa shape index (κ1) is 9.02. The fraction of sp³-hybridized carbons (Fsp3) is 1.00. The van der Waals surface area contributed by atoms with Gasteiger partial charge in [0.15, 0.2) is 13.1 Å². The predicted octanol–water partition coefficient (Wildman–Crippen LogP) is -1.18. The van der Waals surface area contributed by atoms with Crippen LogP contribution >= 0.6 is 0 Å². The summed E-state index contributed by atoms with van der Waals surface area (Å²) in [4.78, 5) is 0. The van der Waals surface area contributed by atoms with Gasteiger partial charge in [0.05, 0.1) is 6.61 Å². The minimum absolute atomic E-state index is 0.100. The molecule has 6 heteroatoms. The Kier molecular flexibility index (Phi) is 2.19. The number of aliphatic hydroxyl groups is 1. The standard InChI is InChI=1S/C8H12O6/c9-1-4-5-6(11-2-10-5)7-8(14-4)13-3-12-7/h4-9H,1-3H2/t4?,5-,6-,7?,8+/m0/s1. The molecule has 80 valence electrons. The van der Waals surface area contributed by atoms with Gasteiger partial charge in [0.25, 0.3) is 0 Å². The van der Waals surface area contributed by atoms with Crippen molar-refractivity contribution in [3.8, 4) is 0 Å². The Balaban J connectivity index is 1.82. The molecular weight excluding hydrogens is 192 g/mol. The first-order chi connectivity index (χ1) is 6.90. The molecule has 14 heavy (non-hydrogen) atoms. The summed E-state index contributed by atoms with van der Waals surface area (Å²) in [5.74, 6) is 0. The Morgan fingerprint density at radius 2 is 1.64 bits per heavy atom. The second-order valence-corrected chi connectivity index (χ2v) is 3.52. The summed E-state index contributed by atoms with van der Waals surface area (Å²) < 4.78 is 26.7. The smallest absolute Gasteiger partial charge is 0.189 e. The molecule has 3 aliphatic rings. The van der Waals surface area contributed by atoms with Crippen LogP contribution < -0.4 is 0 Å². The van der Waals surface area contributed by atoms with Crippen molar-refractivity contribution in [1.82, 2.24) is 0 Å². The molecule has 2 unspecified atom stereocenters. The molecule has 0 radical (unpaired) electrons. The summed E-state index contributed by atoms with van der Waals surface area (Å²) in [7, 11) is 0. The fourth-order valence-corrected chi connectivity index (χ4v) is 2.11. The lowest BCUT2D eigenvalue weighted by Crippen LogP contribution is -2.56. The number of fused-ring (bicyclic) bond motifs is 3. The van der Waals surface area contributed by atoms with E-state index in [0.717, 1.165) is 0 Å². The highest BCUT2D eigenvalue weighted by Crippen LogP contribution is 2.34. The zero-order valence-corrected chi connectivity index (χ0v) is 7.50. The number of hydrogen-bond acceptors (Lipinski definition) is 6. The molecule has 0 aromatic rings. The molecular formula is C8H12O6. The van der Waals surface area contributed by atoms with E-state index in [1.54, 1.807) is 0 Å². The Labute approximate surface area is 80.6 Å². The third-order valence-corrected chi connectivity index (χ3v) is 2.78. The van der Waals surface area contributed by atoms with Gasteiger partial charge >= 0.3 is 0 Å². The number of ether oxygens (including phenoxy) is 5. The van der Waals surface area contributed by atoms with Crippen LogP contribution in [-0.2, 0) is 23.7 Å². The van der Waals surface area contributed by atoms with E-state index in [0.29, 0.717) is 0 Å². The van der Waals surface area contributed by atoms with E-state index in [9.17, 15) is 0 Å². The lowest BCUT2D eigenvalue weighted by molar-refractivity contribution is -0.226. The monoisotopic (exact) mass is 204 g/mol. The van der Waals surface area contributed by atoms with Crippen molar-refractivity contribution >= 4 is 0 Å². The maximum Gasteiger partial charge on any atom is 0.189 e. The van der Waals surface area contributed by atoms with Gasteiger partial charge in [0, 0.05) is 0 Å². The van der Waals surface area contributed by atoms with Crippen molar-refractivity contribution in [2.75, 3.05) is 20.2 Å². The SMILES string of the molecule is OCC1O[C@H]2OCOC2[C@H]2OCO[C@@H]12. The van der Waals surface area contributed by atoms with Crippen LogP contribution in [0.3, 0.4) is 0 Å². The molecule has 3 aliphatic heterocycles. The first-order valence-electron chi connectivity index (χ1n) is 4.63. The van der Waals surface area contributed by atoms with Crippen LogP contribution in [0.1, 0.15) is 0 Å². The Bertz CT molecular complexity index is 222. The van der Waals surface area contributed by atoms with Crippen molar-refractivity contribution in [2.45, 2.75) is 30.7 Å². The topological polar surface area (TPSA) is 66.4 Å². The average molecular weight is 204 g/mol. The highest BCUT2D eigenvalue weighted by molar-refractivity contribution is 4.95. The number of hydrogen-bond donors (Lipinski definition) is 1. The molecule has 0 amide bonds. The molecule has 3 rings (SSSR count). The second kappa shape index (κ2) is 3.41. The van der Waals surface area contributed by atoms with E-state index in [-0.39, 0.29) is 44.6 Å². The highest BCUT2D eigenvalue weighted by Gasteiger charge is 2.53. The summed E-state index contributed by atoms with van der Waals surface area (Å²) in [6, 6.07) is 0. The van der Waals surface area contributed by atoms with Crippen LogP contribution in [0.15, 0.2) is 0 Å². The van der Waals surface area contributed by atoms with Gasteiger partial charge in [0.2, 0.25) is 0 Å². The van der Waals surface area contributed by atoms with Gasteiger partial charge in [-0.2, -0.15) is 0 Å². The maximum absolute atomic E-state index is 9.10. The molecule has 1 N–H and O–H groups in total. The number of rotatable bonds is 1. The largest absolute Gasteiger partial charge is 0.394 e. The third kappa shape index (κ3) is 1.19. The Hall–Kier alpha value is -0.240. The van der Waals surface area contributed by atoms with E-state index in [2.05, 4.69) is 0 Å². The van der Waals surface area contributed by atoms with Crippen LogP contribution in [0.25, 0.3) is 0 Å². The van der Waals surface area contributed by atoms with E-state index in [1.807, 2.05) is 0 Å². The van der Waals surface area contributed by atoms with Crippen LogP contribution in [0.5, 0.6) is 0 Å². The van der Waals surface area contributed by atoms with Crippen LogP contribution in [0.2, 0.25) is 0 Å². The van der Waals surface area contributed by atoms with Crippen molar-refractivity contribution in [3.63, 3.8) is 0 Å². The lowest BCUT2D eigenvalue weighted by atomic mass is 9.99. The molecule has 0 bridgehead atoms. The van der Waals surface area contributed by atoms with Crippen LogP contribution in [0, 0.1) is 0 Å². The first-order valence-corrected chi connectivity index (χ1v) is 4.63. The normalized spacial score (nSPS) is 51.6. The van der Waals surface area contributed by atoms with Gasteiger partial charge in [0.1, 0.15) is 31.2 Å². The van der Waals surface area contributed by atoms with E-state index < -0.39 is 6.29 Å². The van der Waals surface area contributed by atoms with Gasteiger partial charge in [-0.1, -0.05) is 0 Å². The average Bonchev–Trinajstić information content (AvgIpc) is 2.83. The van der Waals surface area contributed by atoms with Gasteiger partial charge in [-0.3, -0.25) is 0 Å². The minimum Gasteiger partial charge on any atom is -0.394 e. The summed E-state index contributed by atoms with van der Waals surface area (Å²) in [5, 5.41) is 9.10. The molecule has 0 spiro atoms. The van der Waals surface area contributed by atoms with Gasteiger partial charge in [-0.15, -0.1) is 0 Å². The number of aliphatic hydroxyl groups excluding tert-OH is 1. The highest BCUT2D eigenvalue weighted by atomic mass is 16.8. The maximum atomic E-state index is 9.10. The molecule has 0 aromatic carbocycles. The van der Waals surface area contributed by atoms with E-state index >= 15 is 0 Å². The molecule has 3 fully saturated rings. The summed E-state index contributed by atoms with van der Waals surface area (Å²) >= 11 is 0. The quantitative estimate of drug-likeness (QED) is 0.580. The minimum atomic E-state index is -0.435. The van der Waals surface area contributed by atoms with Crippen molar-refractivity contribution in [2.24, 2.45) is 0 Å². The van der Waals surface area contributed by atoms with E-state index in [1.165, 1.54) is 0 Å². The Morgan fingerprint density at radius 1 is 0.929 bits per heavy atom. The lowest BCUT2D eigenvalue weighted by Gasteiger charge is -2.36. The summed E-state index contributed by atoms with van der Waals surface area (Å²) in [6.45, 7) is 0.332. The summed E-state index contributed by atoms with van der Waals surface area (Å²) in [6.07, 6.45) is -1.48. The van der Waals surface area contributed by atoms with Gasteiger partial charge < -0.3 is 28.8 Å². The fourth-order valence-electron chi connectivity index (χ4n) is 2.11. The molecule has 0 aromatic heterocycles. The molecule has 5 atom stereocenters. The molecule has 3 heterocycles. The van der Waals surface area contributed by atoms with Crippen molar-refractivity contribution in [1.29, 1.82) is 0 Å². The molecule has 0 saturated carbocycles. The molecule has 0 aliphatic carbocycles.